The molecular weight excluding hydrogens is 209 g/mol. The van der Waals surface area contributed by atoms with Crippen molar-refractivity contribution < 1.29 is 13.6 Å². The molecule has 1 aromatic heterocycles. The molecule has 2 aromatic rings. The molecule has 1 heterocycles. The van der Waals surface area contributed by atoms with Crippen LogP contribution < -0.4 is 0 Å². The second-order valence-electron chi connectivity index (χ2n) is 4.22. The zero-order valence-electron chi connectivity index (χ0n) is 8.74. The molecule has 0 radical (unpaired) electrons. The molecule has 0 aliphatic heterocycles. The van der Waals surface area contributed by atoms with Gasteiger partial charge < -0.3 is 4.42 Å². The van der Waals surface area contributed by atoms with E-state index in [2.05, 4.69) is 4.98 Å². The Labute approximate surface area is 91.3 Å². The molecule has 0 spiro atoms. The van der Waals surface area contributed by atoms with Crippen LogP contribution in [0, 0.1) is 11.7 Å². The highest BCUT2D eigenvalue weighted by molar-refractivity contribution is 5.82. The zero-order valence-corrected chi connectivity index (χ0v) is 8.74. The summed E-state index contributed by atoms with van der Waals surface area (Å²) in [5.41, 5.74) is 1.09. The predicted molar refractivity (Wildman–Crippen MR) is 55.5 cm³/mol. The second-order valence-corrected chi connectivity index (χ2v) is 4.22. The van der Waals surface area contributed by atoms with Crippen LogP contribution in [0.4, 0.5) is 4.39 Å². The van der Waals surface area contributed by atoms with Crippen molar-refractivity contribution in [1.29, 1.82) is 0 Å². The summed E-state index contributed by atoms with van der Waals surface area (Å²) in [5, 5.41) is 0. The molecule has 0 bridgehead atoms. The number of oxazole rings is 1. The zero-order chi connectivity index (χ0) is 11.3. The number of benzene rings is 1. The van der Waals surface area contributed by atoms with E-state index >= 15 is 0 Å². The molecule has 0 N–H and O–H groups in total. The minimum absolute atomic E-state index is 0.0397. The lowest BCUT2D eigenvalue weighted by Crippen LogP contribution is -1.94. The van der Waals surface area contributed by atoms with Gasteiger partial charge in [0, 0.05) is 17.9 Å². The number of hydrogen-bond donors (Lipinski definition) is 0. The molecule has 16 heavy (non-hydrogen) atoms. The van der Waals surface area contributed by atoms with Crippen LogP contribution in [0.25, 0.3) is 11.1 Å². The van der Waals surface area contributed by atoms with Crippen molar-refractivity contribution in [2.24, 2.45) is 5.92 Å². The molecule has 3 rings (SSSR count). The van der Waals surface area contributed by atoms with Gasteiger partial charge in [0.15, 0.2) is 11.5 Å². The van der Waals surface area contributed by atoms with Crippen molar-refractivity contribution in [1.82, 2.24) is 4.98 Å². The third kappa shape index (κ3) is 1.41. The number of fused-ring (bicyclic) bond motifs is 1. The summed E-state index contributed by atoms with van der Waals surface area (Å²) < 4.78 is 18.4. The number of hydrogen-bond acceptors (Lipinski definition) is 3. The normalized spacial score (nSPS) is 23.6. The summed E-state index contributed by atoms with van der Waals surface area (Å²) in [4.78, 5) is 15.3. The SMILES string of the molecule is CC(=O)[C@H]1C[C@@H]1c1nc2cc(F)ccc2o1. The van der Waals surface area contributed by atoms with Crippen molar-refractivity contribution in [3.8, 4) is 0 Å². The molecule has 1 aromatic carbocycles. The van der Waals surface area contributed by atoms with Gasteiger partial charge in [0.05, 0.1) is 0 Å². The van der Waals surface area contributed by atoms with Gasteiger partial charge >= 0.3 is 0 Å². The number of halogens is 1. The van der Waals surface area contributed by atoms with E-state index in [9.17, 15) is 9.18 Å². The fraction of sp³-hybridized carbons (Fsp3) is 0.333. The first-order chi connectivity index (χ1) is 7.65. The first kappa shape index (κ1) is 9.51. The molecule has 1 aliphatic carbocycles. The van der Waals surface area contributed by atoms with Crippen molar-refractivity contribution in [2.75, 3.05) is 0 Å². The third-order valence-electron chi connectivity index (χ3n) is 3.00. The molecule has 0 amide bonds. The molecule has 82 valence electrons. The Morgan fingerprint density at radius 2 is 2.38 bits per heavy atom. The van der Waals surface area contributed by atoms with Crippen molar-refractivity contribution in [3.05, 3.63) is 29.9 Å². The number of rotatable bonds is 2. The van der Waals surface area contributed by atoms with Gasteiger partial charge in [-0.2, -0.15) is 0 Å². The molecule has 3 nitrogen and oxygen atoms in total. The van der Waals surface area contributed by atoms with E-state index in [1.165, 1.54) is 12.1 Å². The van der Waals surface area contributed by atoms with E-state index in [4.69, 9.17) is 4.42 Å². The lowest BCUT2D eigenvalue weighted by molar-refractivity contribution is -0.118. The van der Waals surface area contributed by atoms with Gasteiger partial charge in [0.2, 0.25) is 0 Å². The van der Waals surface area contributed by atoms with E-state index in [1.54, 1.807) is 13.0 Å². The number of aromatic nitrogens is 1. The number of nitrogens with zero attached hydrogens (tertiary/aromatic N) is 1. The van der Waals surface area contributed by atoms with Crippen LogP contribution >= 0.6 is 0 Å². The Balaban J connectivity index is 1.98. The van der Waals surface area contributed by atoms with Crippen LogP contribution in [-0.4, -0.2) is 10.8 Å². The van der Waals surface area contributed by atoms with Crippen molar-refractivity contribution >= 4 is 16.9 Å². The summed E-state index contributed by atoms with van der Waals surface area (Å²) in [6.45, 7) is 1.58. The molecule has 1 fully saturated rings. The number of Topliss-reactive ketones (excluding diaryl/α,β-unsaturated/α-hetero) is 1. The van der Waals surface area contributed by atoms with Crippen molar-refractivity contribution in [2.45, 2.75) is 19.3 Å². The largest absolute Gasteiger partial charge is 0.440 e. The highest BCUT2D eigenvalue weighted by atomic mass is 19.1. The summed E-state index contributed by atoms with van der Waals surface area (Å²) in [7, 11) is 0. The van der Waals surface area contributed by atoms with Gasteiger partial charge in [-0.1, -0.05) is 0 Å². The highest BCUT2D eigenvalue weighted by Gasteiger charge is 2.45. The third-order valence-corrected chi connectivity index (χ3v) is 3.00. The van der Waals surface area contributed by atoms with Gasteiger partial charge in [-0.15, -0.1) is 0 Å². The minimum Gasteiger partial charge on any atom is -0.440 e. The van der Waals surface area contributed by atoms with Crippen LogP contribution in [0.15, 0.2) is 22.6 Å². The molecule has 1 saturated carbocycles. The molecule has 0 saturated heterocycles. The van der Waals surface area contributed by atoms with Gasteiger partial charge in [0.25, 0.3) is 0 Å². The average Bonchev–Trinajstić information content (AvgIpc) is 2.93. The fourth-order valence-corrected chi connectivity index (χ4v) is 1.99. The fourth-order valence-electron chi connectivity index (χ4n) is 1.99. The monoisotopic (exact) mass is 219 g/mol. The van der Waals surface area contributed by atoms with Gasteiger partial charge in [-0.3, -0.25) is 4.79 Å². The average molecular weight is 219 g/mol. The lowest BCUT2D eigenvalue weighted by atomic mass is 10.2. The van der Waals surface area contributed by atoms with Crippen LogP contribution in [0.2, 0.25) is 0 Å². The predicted octanol–water partition coefficient (Wildman–Crippen LogP) is 2.66. The maximum atomic E-state index is 12.9. The second kappa shape index (κ2) is 3.14. The van der Waals surface area contributed by atoms with Crippen LogP contribution in [0.5, 0.6) is 0 Å². The summed E-state index contributed by atoms with van der Waals surface area (Å²) >= 11 is 0. The molecular formula is C12H10FNO2. The van der Waals surface area contributed by atoms with Gasteiger partial charge in [-0.25, -0.2) is 9.37 Å². The number of carbonyl (C=O) groups is 1. The number of carbonyl (C=O) groups excluding carboxylic acids is 1. The van der Waals surface area contributed by atoms with E-state index in [-0.39, 0.29) is 23.4 Å². The molecule has 2 atom stereocenters. The van der Waals surface area contributed by atoms with E-state index in [1.807, 2.05) is 0 Å². The maximum Gasteiger partial charge on any atom is 0.199 e. The number of ketones is 1. The van der Waals surface area contributed by atoms with Crippen molar-refractivity contribution in [3.63, 3.8) is 0 Å². The molecule has 4 heteroatoms. The first-order valence-corrected chi connectivity index (χ1v) is 5.21. The van der Waals surface area contributed by atoms with Gasteiger partial charge in [-0.05, 0) is 25.5 Å². The minimum atomic E-state index is -0.328. The maximum absolute atomic E-state index is 12.9. The first-order valence-electron chi connectivity index (χ1n) is 5.21. The Hall–Kier alpha value is -1.71. The quantitative estimate of drug-likeness (QED) is 0.779. The Morgan fingerprint density at radius 3 is 3.06 bits per heavy atom. The van der Waals surface area contributed by atoms with E-state index in [0.29, 0.717) is 17.0 Å². The Morgan fingerprint density at radius 1 is 1.56 bits per heavy atom. The Bertz CT molecular complexity index is 575. The van der Waals surface area contributed by atoms with E-state index < -0.39 is 0 Å². The Kier molecular flexibility index (Phi) is 1.87. The molecule has 0 unspecified atom stereocenters. The summed E-state index contributed by atoms with van der Waals surface area (Å²) in [5.74, 6) is 0.524. The highest BCUT2D eigenvalue weighted by Crippen LogP contribution is 2.48. The lowest BCUT2D eigenvalue weighted by Gasteiger charge is -1.88. The van der Waals surface area contributed by atoms with E-state index in [0.717, 1.165) is 6.42 Å². The molecule has 1 aliphatic rings. The standard InChI is InChI=1S/C12H10FNO2/c1-6(15)8-5-9(8)12-14-10-4-7(13)2-3-11(10)16-12/h2-4,8-9H,5H2,1H3/t8-,9+/m1/s1. The topological polar surface area (TPSA) is 43.1 Å². The van der Waals surface area contributed by atoms with Crippen LogP contribution in [-0.2, 0) is 4.79 Å². The van der Waals surface area contributed by atoms with Crippen LogP contribution in [0.3, 0.4) is 0 Å². The van der Waals surface area contributed by atoms with Gasteiger partial charge in [0.1, 0.15) is 17.1 Å². The summed E-state index contributed by atoms with van der Waals surface area (Å²) in [6.07, 6.45) is 0.796. The smallest absolute Gasteiger partial charge is 0.199 e. The van der Waals surface area contributed by atoms with Crippen LogP contribution in [0.1, 0.15) is 25.2 Å². The summed E-state index contributed by atoms with van der Waals surface area (Å²) in [6, 6.07) is 4.24.